The van der Waals surface area contributed by atoms with Crippen LogP contribution in [0.4, 0.5) is 0 Å². The lowest BCUT2D eigenvalue weighted by Crippen LogP contribution is -2.34. The molecule has 27 heavy (non-hydrogen) atoms. The molecule has 4 heterocycles. The third kappa shape index (κ3) is 3.16. The predicted molar refractivity (Wildman–Crippen MR) is 99.8 cm³/mol. The molecule has 1 aromatic heterocycles. The first-order valence-electron chi connectivity index (χ1n) is 10.2. The fourth-order valence-corrected chi connectivity index (χ4v) is 5.12. The van der Waals surface area contributed by atoms with Crippen LogP contribution in [0.5, 0.6) is 0 Å². The summed E-state index contributed by atoms with van der Waals surface area (Å²) in [6, 6.07) is 11.7. The minimum atomic E-state index is 0.202. The highest BCUT2D eigenvalue weighted by Gasteiger charge is 2.46. The molecule has 0 unspecified atom stereocenters. The molecule has 5 rings (SSSR count). The third-order valence-corrected chi connectivity index (χ3v) is 6.43. The number of piperidine rings is 1. The van der Waals surface area contributed by atoms with E-state index in [4.69, 9.17) is 9.51 Å². The standard InChI is InChI=1S/C21H26N4O2/c26-20-10-4-5-11-24(20)14-19-22-21(23-27-19)16-13-18(15-7-2-1-3-8-15)25-12-6-9-17(16)25/h1-3,7-8,16-18H,4-6,9-14H2/t16-,17+,18-/m0/s1. The summed E-state index contributed by atoms with van der Waals surface area (Å²) < 4.78 is 5.54. The number of carbonyl (C=O) groups excluding carboxylic acids is 1. The Morgan fingerprint density at radius 1 is 1.11 bits per heavy atom. The monoisotopic (exact) mass is 366 g/mol. The number of hydrogen-bond donors (Lipinski definition) is 0. The van der Waals surface area contributed by atoms with Crippen molar-refractivity contribution in [1.82, 2.24) is 19.9 Å². The lowest BCUT2D eigenvalue weighted by Gasteiger charge is -2.24. The molecular weight excluding hydrogens is 340 g/mol. The van der Waals surface area contributed by atoms with Crippen molar-refractivity contribution in [3.63, 3.8) is 0 Å². The summed E-state index contributed by atoms with van der Waals surface area (Å²) in [6.45, 7) is 2.40. The van der Waals surface area contributed by atoms with Crippen LogP contribution >= 0.6 is 0 Å². The van der Waals surface area contributed by atoms with Gasteiger partial charge in [-0.25, -0.2) is 0 Å². The molecular formula is C21H26N4O2. The Kier molecular flexibility index (Phi) is 4.44. The van der Waals surface area contributed by atoms with Crippen LogP contribution in [0.2, 0.25) is 0 Å². The molecule has 142 valence electrons. The van der Waals surface area contributed by atoms with Gasteiger partial charge in [0.1, 0.15) is 0 Å². The van der Waals surface area contributed by atoms with Crippen LogP contribution in [0.1, 0.15) is 67.8 Å². The number of hydrogen-bond acceptors (Lipinski definition) is 5. The summed E-state index contributed by atoms with van der Waals surface area (Å²) >= 11 is 0. The smallest absolute Gasteiger partial charge is 0.246 e. The van der Waals surface area contributed by atoms with E-state index in [2.05, 4.69) is 40.4 Å². The lowest BCUT2D eigenvalue weighted by molar-refractivity contribution is -0.134. The Labute approximate surface area is 159 Å². The second-order valence-corrected chi connectivity index (χ2v) is 8.03. The van der Waals surface area contributed by atoms with E-state index in [1.807, 2.05) is 4.90 Å². The van der Waals surface area contributed by atoms with Crippen LogP contribution in [0.25, 0.3) is 0 Å². The Bertz CT molecular complexity index is 806. The number of likely N-dealkylation sites (tertiary alicyclic amines) is 1. The highest BCUT2D eigenvalue weighted by molar-refractivity contribution is 5.76. The molecule has 6 heteroatoms. The second-order valence-electron chi connectivity index (χ2n) is 8.03. The third-order valence-electron chi connectivity index (χ3n) is 6.43. The molecule has 0 spiro atoms. The molecule has 2 aromatic rings. The van der Waals surface area contributed by atoms with Gasteiger partial charge in [-0.2, -0.15) is 4.98 Å². The van der Waals surface area contributed by atoms with E-state index in [0.717, 1.165) is 38.2 Å². The fourth-order valence-electron chi connectivity index (χ4n) is 5.12. The first kappa shape index (κ1) is 16.9. The minimum Gasteiger partial charge on any atom is -0.337 e. The topological polar surface area (TPSA) is 62.5 Å². The molecule has 3 fully saturated rings. The molecule has 3 aliphatic heterocycles. The van der Waals surface area contributed by atoms with Gasteiger partial charge in [0.15, 0.2) is 5.82 Å². The van der Waals surface area contributed by atoms with Crippen LogP contribution in [0.15, 0.2) is 34.9 Å². The first-order valence-corrected chi connectivity index (χ1v) is 10.2. The number of benzene rings is 1. The van der Waals surface area contributed by atoms with Gasteiger partial charge in [0.25, 0.3) is 0 Å². The molecule has 3 saturated heterocycles. The molecule has 0 bridgehead atoms. The second kappa shape index (κ2) is 7.08. The average Bonchev–Trinajstić information content (AvgIpc) is 3.41. The fraction of sp³-hybridized carbons (Fsp3) is 0.571. The summed E-state index contributed by atoms with van der Waals surface area (Å²) in [4.78, 5) is 21.2. The van der Waals surface area contributed by atoms with E-state index >= 15 is 0 Å². The molecule has 0 radical (unpaired) electrons. The Balaban J connectivity index is 1.34. The van der Waals surface area contributed by atoms with Crippen molar-refractivity contribution in [2.24, 2.45) is 0 Å². The van der Waals surface area contributed by atoms with Crippen LogP contribution < -0.4 is 0 Å². The van der Waals surface area contributed by atoms with Crippen LogP contribution in [-0.4, -0.2) is 45.0 Å². The maximum Gasteiger partial charge on any atom is 0.246 e. The van der Waals surface area contributed by atoms with Crippen molar-refractivity contribution in [2.75, 3.05) is 13.1 Å². The van der Waals surface area contributed by atoms with Gasteiger partial charge in [-0.3, -0.25) is 9.69 Å². The molecule has 0 N–H and O–H groups in total. The summed E-state index contributed by atoms with van der Waals surface area (Å²) in [5, 5.41) is 4.33. The quantitative estimate of drug-likeness (QED) is 0.831. The summed E-state index contributed by atoms with van der Waals surface area (Å²) in [5.74, 6) is 1.91. The van der Waals surface area contributed by atoms with E-state index in [-0.39, 0.29) is 5.91 Å². The number of amides is 1. The Morgan fingerprint density at radius 3 is 2.85 bits per heavy atom. The molecule has 3 aliphatic rings. The summed E-state index contributed by atoms with van der Waals surface area (Å²) in [5.41, 5.74) is 1.38. The molecule has 3 atom stereocenters. The first-order chi connectivity index (χ1) is 13.3. The number of fused-ring (bicyclic) bond motifs is 1. The zero-order valence-electron chi connectivity index (χ0n) is 15.6. The number of aromatic nitrogens is 2. The van der Waals surface area contributed by atoms with Crippen LogP contribution in [0, 0.1) is 0 Å². The van der Waals surface area contributed by atoms with E-state index in [1.54, 1.807) is 0 Å². The predicted octanol–water partition coefficient (Wildman–Crippen LogP) is 3.28. The van der Waals surface area contributed by atoms with Gasteiger partial charge < -0.3 is 9.42 Å². The van der Waals surface area contributed by atoms with Gasteiger partial charge in [0.2, 0.25) is 11.8 Å². The van der Waals surface area contributed by atoms with Crippen molar-refractivity contribution >= 4 is 5.91 Å². The highest BCUT2D eigenvalue weighted by atomic mass is 16.5. The van der Waals surface area contributed by atoms with Crippen molar-refractivity contribution in [2.45, 2.75) is 63.1 Å². The minimum absolute atomic E-state index is 0.202. The van der Waals surface area contributed by atoms with Crippen LogP contribution in [0.3, 0.4) is 0 Å². The molecule has 0 saturated carbocycles. The summed E-state index contributed by atoms with van der Waals surface area (Å²) in [7, 11) is 0. The Morgan fingerprint density at radius 2 is 2.00 bits per heavy atom. The number of nitrogens with zero attached hydrogens (tertiary/aromatic N) is 4. The van der Waals surface area contributed by atoms with E-state index in [0.29, 0.717) is 36.9 Å². The number of carbonyl (C=O) groups is 1. The van der Waals surface area contributed by atoms with Gasteiger partial charge in [-0.15, -0.1) is 0 Å². The largest absolute Gasteiger partial charge is 0.337 e. The average molecular weight is 366 g/mol. The number of rotatable bonds is 4. The normalized spacial score (nSPS) is 28.7. The van der Waals surface area contributed by atoms with Crippen molar-refractivity contribution in [1.29, 1.82) is 0 Å². The van der Waals surface area contributed by atoms with Crippen molar-refractivity contribution in [3.8, 4) is 0 Å². The molecule has 1 amide bonds. The summed E-state index contributed by atoms with van der Waals surface area (Å²) in [6.07, 6.45) is 6.16. The van der Waals surface area contributed by atoms with Gasteiger partial charge in [0.05, 0.1) is 6.54 Å². The van der Waals surface area contributed by atoms with E-state index in [9.17, 15) is 4.79 Å². The van der Waals surface area contributed by atoms with Gasteiger partial charge >= 0.3 is 0 Å². The maximum atomic E-state index is 12.0. The zero-order chi connectivity index (χ0) is 18.2. The Hall–Kier alpha value is -2.21. The maximum absolute atomic E-state index is 12.0. The molecule has 1 aromatic carbocycles. The van der Waals surface area contributed by atoms with Crippen LogP contribution in [-0.2, 0) is 11.3 Å². The van der Waals surface area contributed by atoms with Crippen molar-refractivity contribution < 1.29 is 9.32 Å². The van der Waals surface area contributed by atoms with Crippen molar-refractivity contribution in [3.05, 3.63) is 47.6 Å². The molecule has 6 nitrogen and oxygen atoms in total. The zero-order valence-corrected chi connectivity index (χ0v) is 15.6. The van der Waals surface area contributed by atoms with Gasteiger partial charge in [-0.1, -0.05) is 35.5 Å². The van der Waals surface area contributed by atoms with E-state index in [1.165, 1.54) is 18.4 Å². The highest BCUT2D eigenvalue weighted by Crippen LogP contribution is 2.48. The lowest BCUT2D eigenvalue weighted by atomic mass is 9.94. The molecule has 0 aliphatic carbocycles. The van der Waals surface area contributed by atoms with Gasteiger partial charge in [-0.05, 0) is 44.2 Å². The van der Waals surface area contributed by atoms with Gasteiger partial charge in [0, 0.05) is 31.0 Å². The SMILES string of the molecule is O=C1CCCCN1Cc1nc([C@H]2C[C@@H](c3ccccc3)N3CCC[C@H]23)no1. The van der Waals surface area contributed by atoms with E-state index < -0.39 is 0 Å².